The summed E-state index contributed by atoms with van der Waals surface area (Å²) in [4.78, 5) is 0. The second-order valence-corrected chi connectivity index (χ2v) is 11.9. The molecule has 0 N–H and O–H groups in total. The van der Waals surface area contributed by atoms with E-state index in [1.807, 2.05) is 0 Å². The predicted molar refractivity (Wildman–Crippen MR) is 173 cm³/mol. The van der Waals surface area contributed by atoms with E-state index in [0.717, 1.165) is 26.4 Å². The van der Waals surface area contributed by atoms with Crippen molar-refractivity contribution in [3.05, 3.63) is 49.1 Å². The molecule has 4 nitrogen and oxygen atoms in total. The average Bonchev–Trinajstić information content (AvgIpc) is 3.00. The number of aromatic nitrogens is 2. The predicted octanol–water partition coefficient (Wildman–Crippen LogP) is 9.76. The Balaban J connectivity index is 1.46. The lowest BCUT2D eigenvalue weighted by atomic mass is 10.1. The maximum atomic E-state index is 5.90. The minimum atomic E-state index is 0.631. The van der Waals surface area contributed by atoms with Crippen molar-refractivity contribution >= 4 is 0 Å². The van der Waals surface area contributed by atoms with Gasteiger partial charge in [-0.25, -0.2) is 4.57 Å². The van der Waals surface area contributed by atoms with Crippen LogP contribution in [0.5, 0.6) is 0 Å². The van der Waals surface area contributed by atoms with Crippen LogP contribution >= 0.6 is 0 Å². The molecule has 41 heavy (non-hydrogen) atoms. The van der Waals surface area contributed by atoms with Gasteiger partial charge in [0.2, 0.25) is 0 Å². The smallest absolute Gasteiger partial charge is 0.252 e. The van der Waals surface area contributed by atoms with Crippen LogP contribution in [-0.4, -0.2) is 19.8 Å². The molecule has 0 fully saturated rings. The van der Waals surface area contributed by atoms with Crippen LogP contribution in [0.3, 0.4) is 0 Å². The molecule has 0 aliphatic carbocycles. The lowest BCUT2D eigenvalue weighted by Crippen LogP contribution is -2.35. The Labute approximate surface area is 253 Å². The Hall–Kier alpha value is -1.78. The summed E-state index contributed by atoms with van der Waals surface area (Å²) in [7, 11) is 0. The first-order valence-corrected chi connectivity index (χ1v) is 17.5. The van der Waals surface area contributed by atoms with Gasteiger partial charge in [0, 0.05) is 30.9 Å². The average molecular weight is 569 g/mol. The number of hydrogen-bond acceptors (Lipinski definition) is 2. The minimum absolute atomic E-state index is 0.631. The zero-order chi connectivity index (χ0) is 29.1. The van der Waals surface area contributed by atoms with Crippen molar-refractivity contribution in [1.82, 2.24) is 0 Å². The number of pyridine rings is 2. The first-order chi connectivity index (χ1) is 20.3. The normalized spacial score (nSPS) is 11.4. The number of hydrogen-bond donors (Lipinski definition) is 0. The summed E-state index contributed by atoms with van der Waals surface area (Å²) in [5.74, 6) is 0. The topological polar surface area (TPSA) is 26.2 Å². The molecule has 0 amide bonds. The largest absolute Gasteiger partial charge is 0.375 e. The van der Waals surface area contributed by atoms with Gasteiger partial charge in [0.05, 0.1) is 6.61 Å². The lowest BCUT2D eigenvalue weighted by Gasteiger charge is -2.05. The molecule has 0 bridgehead atoms. The van der Waals surface area contributed by atoms with Crippen molar-refractivity contribution in [2.24, 2.45) is 0 Å². The van der Waals surface area contributed by atoms with Crippen molar-refractivity contribution in [3.63, 3.8) is 0 Å². The maximum absolute atomic E-state index is 5.90. The van der Waals surface area contributed by atoms with E-state index >= 15 is 0 Å². The van der Waals surface area contributed by atoms with E-state index in [0.29, 0.717) is 6.73 Å². The van der Waals surface area contributed by atoms with Gasteiger partial charge in [0.25, 0.3) is 6.73 Å². The SMILES string of the molecule is CCCCCCCCCCCCOCC[n+]1ccc(-c2cc[n+](COCCCCCCCCCCCC)cc2)cc1. The van der Waals surface area contributed by atoms with E-state index in [1.165, 1.54) is 140 Å². The van der Waals surface area contributed by atoms with Gasteiger partial charge in [-0.2, -0.15) is 4.57 Å². The van der Waals surface area contributed by atoms with Gasteiger partial charge in [-0.3, -0.25) is 0 Å². The van der Waals surface area contributed by atoms with E-state index in [4.69, 9.17) is 9.47 Å². The Kier molecular flexibility index (Phi) is 22.4. The van der Waals surface area contributed by atoms with E-state index in [2.05, 4.69) is 72.0 Å². The quantitative estimate of drug-likeness (QED) is 0.0754. The zero-order valence-corrected chi connectivity index (χ0v) is 27.0. The highest BCUT2D eigenvalue weighted by Crippen LogP contribution is 2.16. The van der Waals surface area contributed by atoms with Crippen LogP contribution < -0.4 is 9.13 Å². The summed E-state index contributed by atoms with van der Waals surface area (Å²) >= 11 is 0. The molecule has 2 aromatic rings. The first-order valence-electron chi connectivity index (χ1n) is 17.5. The van der Waals surface area contributed by atoms with Gasteiger partial charge in [-0.05, 0) is 24.0 Å². The zero-order valence-electron chi connectivity index (χ0n) is 27.0. The molecule has 0 saturated heterocycles. The van der Waals surface area contributed by atoms with Crippen LogP contribution in [0.1, 0.15) is 142 Å². The maximum Gasteiger partial charge on any atom is 0.252 e. The molecule has 2 aromatic heterocycles. The molecule has 0 saturated carbocycles. The Morgan fingerprint density at radius 1 is 0.415 bits per heavy atom. The molecule has 0 aliphatic heterocycles. The summed E-state index contributed by atoms with van der Waals surface area (Å²) < 4.78 is 16.1. The molecule has 232 valence electrons. The van der Waals surface area contributed by atoms with Crippen LogP contribution in [0.15, 0.2) is 49.1 Å². The van der Waals surface area contributed by atoms with Gasteiger partial charge >= 0.3 is 0 Å². The van der Waals surface area contributed by atoms with Crippen LogP contribution in [0.4, 0.5) is 0 Å². The summed E-state index contributed by atoms with van der Waals surface area (Å²) in [5, 5.41) is 0. The highest BCUT2D eigenvalue weighted by molar-refractivity contribution is 5.60. The van der Waals surface area contributed by atoms with Gasteiger partial charge in [-0.1, -0.05) is 129 Å². The van der Waals surface area contributed by atoms with E-state index in [-0.39, 0.29) is 0 Å². The fourth-order valence-electron chi connectivity index (χ4n) is 5.36. The van der Waals surface area contributed by atoms with Gasteiger partial charge < -0.3 is 9.47 Å². The number of rotatable bonds is 28. The highest BCUT2D eigenvalue weighted by atomic mass is 16.5. The third-order valence-electron chi connectivity index (χ3n) is 8.13. The molecule has 0 aromatic carbocycles. The van der Waals surface area contributed by atoms with E-state index in [9.17, 15) is 0 Å². The first kappa shape index (κ1) is 35.4. The summed E-state index contributed by atoms with van der Waals surface area (Å²) in [5.41, 5.74) is 2.48. The highest BCUT2D eigenvalue weighted by Gasteiger charge is 2.06. The van der Waals surface area contributed by atoms with E-state index in [1.54, 1.807) is 0 Å². The van der Waals surface area contributed by atoms with Crippen LogP contribution in [-0.2, 0) is 22.7 Å². The molecule has 2 heterocycles. The molecule has 0 spiro atoms. The Morgan fingerprint density at radius 2 is 0.780 bits per heavy atom. The molecule has 0 radical (unpaired) electrons. The van der Waals surface area contributed by atoms with Crippen molar-refractivity contribution in [1.29, 1.82) is 0 Å². The van der Waals surface area contributed by atoms with Crippen LogP contribution in [0.25, 0.3) is 11.1 Å². The fourth-order valence-corrected chi connectivity index (χ4v) is 5.36. The van der Waals surface area contributed by atoms with Crippen LogP contribution in [0, 0.1) is 0 Å². The van der Waals surface area contributed by atoms with Crippen molar-refractivity contribution in [3.8, 4) is 11.1 Å². The van der Waals surface area contributed by atoms with Gasteiger partial charge in [0.15, 0.2) is 31.3 Å². The van der Waals surface area contributed by atoms with Crippen molar-refractivity contribution in [2.45, 2.75) is 156 Å². The number of nitrogens with zero attached hydrogens (tertiary/aromatic N) is 2. The molecule has 0 atom stereocenters. The van der Waals surface area contributed by atoms with Gasteiger partial charge in [-0.15, -0.1) is 0 Å². The third-order valence-corrected chi connectivity index (χ3v) is 8.13. The minimum Gasteiger partial charge on any atom is -0.375 e. The summed E-state index contributed by atoms with van der Waals surface area (Å²) in [6, 6.07) is 8.76. The molecule has 0 aliphatic rings. The second kappa shape index (κ2) is 25.9. The standard InChI is InChI=1S/C37H64N2O2/c1-3-5-7-9-11-13-15-17-19-21-32-40-34-31-38-27-23-36(24-28-38)37-25-29-39(30-26-37)35-41-33-22-20-18-16-14-12-10-8-6-4-2/h23-30H,3-22,31-35H2,1-2H3/q+2. The molecular weight excluding hydrogens is 504 g/mol. The number of unbranched alkanes of at least 4 members (excludes halogenated alkanes) is 18. The number of ether oxygens (including phenoxy) is 2. The van der Waals surface area contributed by atoms with E-state index < -0.39 is 0 Å². The Morgan fingerprint density at radius 3 is 1.22 bits per heavy atom. The molecular formula is C37H64N2O2+2. The monoisotopic (exact) mass is 568 g/mol. The fraction of sp³-hybridized carbons (Fsp3) is 0.730. The Bertz CT molecular complexity index is 822. The molecule has 4 heteroatoms. The summed E-state index contributed by atoms with van der Waals surface area (Å²) in [6.45, 7) is 8.63. The van der Waals surface area contributed by atoms with Crippen molar-refractivity contribution < 1.29 is 18.6 Å². The van der Waals surface area contributed by atoms with Crippen molar-refractivity contribution in [2.75, 3.05) is 19.8 Å². The molecule has 2 rings (SSSR count). The lowest BCUT2D eigenvalue weighted by molar-refractivity contribution is -0.732. The second-order valence-electron chi connectivity index (χ2n) is 11.9. The van der Waals surface area contributed by atoms with Crippen LogP contribution in [0.2, 0.25) is 0 Å². The molecule has 0 unspecified atom stereocenters. The third kappa shape index (κ3) is 19.1. The summed E-state index contributed by atoms with van der Waals surface area (Å²) in [6.07, 6.45) is 35.8. The van der Waals surface area contributed by atoms with Gasteiger partial charge in [0.1, 0.15) is 6.61 Å².